The first kappa shape index (κ1) is 12.8. The van der Waals surface area contributed by atoms with E-state index in [1.165, 1.54) is 0 Å². The number of rotatable bonds is 3. The Morgan fingerprint density at radius 2 is 1.76 bits per heavy atom. The molecule has 2 saturated heterocycles. The Hall–Kier alpha value is -0.650. The molecule has 1 amide bonds. The molecule has 0 saturated carbocycles. The lowest BCUT2D eigenvalue weighted by atomic mass is 9.87. The van der Waals surface area contributed by atoms with Crippen molar-refractivity contribution in [3.63, 3.8) is 0 Å². The van der Waals surface area contributed by atoms with Gasteiger partial charge in [-0.2, -0.15) is 0 Å². The third-order valence-corrected chi connectivity index (χ3v) is 4.09. The van der Waals surface area contributed by atoms with Gasteiger partial charge in [0, 0.05) is 19.1 Å². The number of hydrogen-bond acceptors (Lipinski definition) is 4. The minimum atomic E-state index is -0.160. The van der Waals surface area contributed by atoms with Gasteiger partial charge in [0.15, 0.2) is 0 Å². The molecule has 5 heteroatoms. The van der Waals surface area contributed by atoms with Crippen LogP contribution in [-0.4, -0.2) is 49.1 Å². The monoisotopic (exact) mass is 240 g/mol. The molecule has 0 bridgehead atoms. The number of nitrogens with two attached hydrogens (primary N) is 2. The van der Waals surface area contributed by atoms with Crippen LogP contribution in [0.25, 0.3) is 0 Å². The van der Waals surface area contributed by atoms with E-state index in [9.17, 15) is 4.79 Å². The molecule has 98 valence electrons. The molecule has 17 heavy (non-hydrogen) atoms. The third kappa shape index (κ3) is 3.18. The Balaban J connectivity index is 1.98. The molecule has 0 aromatic heterocycles. The van der Waals surface area contributed by atoms with Crippen molar-refractivity contribution >= 4 is 5.91 Å². The minimum absolute atomic E-state index is 0.0791. The molecule has 0 spiro atoms. The van der Waals surface area contributed by atoms with Crippen molar-refractivity contribution in [2.24, 2.45) is 17.4 Å². The first-order valence-electron chi connectivity index (χ1n) is 6.68. The lowest BCUT2D eigenvalue weighted by Crippen LogP contribution is -2.55. The van der Waals surface area contributed by atoms with Crippen LogP contribution in [0.3, 0.4) is 0 Å². The molecule has 2 aliphatic heterocycles. The number of likely N-dealkylation sites (tertiary alicyclic amines) is 1. The van der Waals surface area contributed by atoms with Crippen LogP contribution < -0.4 is 16.8 Å². The summed E-state index contributed by atoms with van der Waals surface area (Å²) in [5, 5.41) is 3.33. The number of carbonyl (C=O) groups is 1. The summed E-state index contributed by atoms with van der Waals surface area (Å²) >= 11 is 0. The van der Waals surface area contributed by atoms with E-state index in [1.807, 2.05) is 0 Å². The van der Waals surface area contributed by atoms with Gasteiger partial charge < -0.3 is 16.8 Å². The topological polar surface area (TPSA) is 84.4 Å². The molecule has 2 fully saturated rings. The molecule has 2 aliphatic rings. The lowest BCUT2D eigenvalue weighted by Gasteiger charge is -2.40. The van der Waals surface area contributed by atoms with Gasteiger partial charge in [-0.25, -0.2) is 0 Å². The number of nitrogens with zero attached hydrogens (tertiary/aromatic N) is 1. The summed E-state index contributed by atoms with van der Waals surface area (Å²) in [5.74, 6) is 0.260. The van der Waals surface area contributed by atoms with E-state index in [1.54, 1.807) is 0 Å². The molecule has 0 radical (unpaired) electrons. The van der Waals surface area contributed by atoms with Gasteiger partial charge in [-0.05, 0) is 44.7 Å². The normalized spacial score (nSPS) is 26.9. The maximum absolute atomic E-state index is 11.7. The fourth-order valence-corrected chi connectivity index (χ4v) is 3.07. The Bertz CT molecular complexity index is 257. The van der Waals surface area contributed by atoms with Crippen LogP contribution in [0, 0.1) is 5.92 Å². The molecule has 5 nitrogen and oxygen atoms in total. The number of nitrogens with one attached hydrogen (secondary N) is 1. The predicted molar refractivity (Wildman–Crippen MR) is 67.4 cm³/mol. The highest BCUT2D eigenvalue weighted by Gasteiger charge is 2.34. The maximum atomic E-state index is 11.7. The van der Waals surface area contributed by atoms with Gasteiger partial charge in [-0.1, -0.05) is 0 Å². The minimum Gasteiger partial charge on any atom is -0.368 e. The Kier molecular flexibility index (Phi) is 4.36. The number of primary amides is 1. The van der Waals surface area contributed by atoms with E-state index in [0.717, 1.165) is 51.9 Å². The second kappa shape index (κ2) is 5.80. The maximum Gasteiger partial charge on any atom is 0.235 e. The van der Waals surface area contributed by atoms with E-state index >= 15 is 0 Å². The zero-order valence-corrected chi connectivity index (χ0v) is 10.4. The largest absolute Gasteiger partial charge is 0.368 e. The van der Waals surface area contributed by atoms with Crippen LogP contribution in [0.1, 0.15) is 25.7 Å². The molecule has 0 aliphatic carbocycles. The van der Waals surface area contributed by atoms with Gasteiger partial charge in [-0.15, -0.1) is 0 Å². The molecular formula is C12H24N4O. The van der Waals surface area contributed by atoms with Crippen LogP contribution in [0.2, 0.25) is 0 Å². The Labute approximate surface area is 103 Å². The quantitative estimate of drug-likeness (QED) is 0.607. The zero-order chi connectivity index (χ0) is 12.3. The van der Waals surface area contributed by atoms with E-state index < -0.39 is 0 Å². The van der Waals surface area contributed by atoms with E-state index in [-0.39, 0.29) is 11.9 Å². The molecule has 1 unspecified atom stereocenters. The third-order valence-electron chi connectivity index (χ3n) is 4.09. The number of piperidine rings is 2. The zero-order valence-electron chi connectivity index (χ0n) is 10.4. The van der Waals surface area contributed by atoms with Crippen molar-refractivity contribution in [1.29, 1.82) is 0 Å². The number of carbonyl (C=O) groups excluding carboxylic acids is 1. The van der Waals surface area contributed by atoms with Crippen LogP contribution in [0.15, 0.2) is 0 Å². The van der Waals surface area contributed by atoms with Crippen LogP contribution in [0.4, 0.5) is 0 Å². The van der Waals surface area contributed by atoms with Crippen molar-refractivity contribution in [3.8, 4) is 0 Å². The Morgan fingerprint density at radius 3 is 2.29 bits per heavy atom. The van der Waals surface area contributed by atoms with Crippen molar-refractivity contribution in [1.82, 2.24) is 10.2 Å². The fourth-order valence-electron chi connectivity index (χ4n) is 3.07. The van der Waals surface area contributed by atoms with Crippen LogP contribution >= 0.6 is 0 Å². The summed E-state index contributed by atoms with van der Waals surface area (Å²) in [7, 11) is 0. The first-order chi connectivity index (χ1) is 8.18. The average molecular weight is 240 g/mol. The van der Waals surface area contributed by atoms with Crippen molar-refractivity contribution < 1.29 is 4.79 Å². The predicted octanol–water partition coefficient (Wildman–Crippen LogP) is -0.737. The standard InChI is InChI=1S/C12H24N4O/c13-10-3-7-16(8-4-10)11(12(14)17)9-1-5-15-6-2-9/h9-11,15H,1-8,13H2,(H2,14,17). The molecule has 1 atom stereocenters. The first-order valence-corrected chi connectivity index (χ1v) is 6.68. The van der Waals surface area contributed by atoms with Crippen molar-refractivity contribution in [3.05, 3.63) is 0 Å². The number of amides is 1. The van der Waals surface area contributed by atoms with Gasteiger partial charge >= 0.3 is 0 Å². The smallest absolute Gasteiger partial charge is 0.235 e. The second-order valence-corrected chi connectivity index (χ2v) is 5.31. The highest BCUT2D eigenvalue weighted by atomic mass is 16.1. The van der Waals surface area contributed by atoms with E-state index in [2.05, 4.69) is 10.2 Å². The molecule has 2 heterocycles. The van der Waals surface area contributed by atoms with Gasteiger partial charge in [0.1, 0.15) is 0 Å². The van der Waals surface area contributed by atoms with Gasteiger partial charge in [0.2, 0.25) is 5.91 Å². The van der Waals surface area contributed by atoms with Gasteiger partial charge in [0.05, 0.1) is 6.04 Å². The van der Waals surface area contributed by atoms with Crippen molar-refractivity contribution in [2.45, 2.75) is 37.8 Å². The molecule has 0 aromatic rings. The van der Waals surface area contributed by atoms with Crippen LogP contribution in [0.5, 0.6) is 0 Å². The van der Waals surface area contributed by atoms with Crippen LogP contribution in [-0.2, 0) is 4.79 Å². The molecule has 2 rings (SSSR count). The molecule has 5 N–H and O–H groups in total. The average Bonchev–Trinajstić information content (AvgIpc) is 2.33. The fraction of sp³-hybridized carbons (Fsp3) is 0.917. The lowest BCUT2D eigenvalue weighted by molar-refractivity contribution is -0.126. The molecular weight excluding hydrogens is 216 g/mol. The summed E-state index contributed by atoms with van der Waals surface area (Å²) < 4.78 is 0. The summed E-state index contributed by atoms with van der Waals surface area (Å²) in [6.07, 6.45) is 4.07. The molecule has 0 aromatic carbocycles. The highest BCUT2D eigenvalue weighted by Crippen LogP contribution is 2.23. The van der Waals surface area contributed by atoms with Gasteiger partial charge in [0.25, 0.3) is 0 Å². The number of hydrogen-bond donors (Lipinski definition) is 3. The van der Waals surface area contributed by atoms with E-state index in [0.29, 0.717) is 12.0 Å². The van der Waals surface area contributed by atoms with Crippen molar-refractivity contribution in [2.75, 3.05) is 26.2 Å². The Morgan fingerprint density at radius 1 is 1.18 bits per heavy atom. The van der Waals surface area contributed by atoms with E-state index in [4.69, 9.17) is 11.5 Å². The SMILES string of the molecule is NC(=O)C(C1CCNCC1)N1CCC(N)CC1. The summed E-state index contributed by atoms with van der Waals surface area (Å²) in [5.41, 5.74) is 11.5. The van der Waals surface area contributed by atoms with Gasteiger partial charge in [-0.3, -0.25) is 9.69 Å². The second-order valence-electron chi connectivity index (χ2n) is 5.31. The highest BCUT2D eigenvalue weighted by molar-refractivity contribution is 5.80. The summed E-state index contributed by atoms with van der Waals surface area (Å²) in [6, 6.07) is 0.220. The summed E-state index contributed by atoms with van der Waals surface area (Å²) in [4.78, 5) is 14.0. The summed E-state index contributed by atoms with van der Waals surface area (Å²) in [6.45, 7) is 3.83.